The van der Waals surface area contributed by atoms with Crippen LogP contribution in [0, 0.1) is 11.8 Å². The largest absolute Gasteiger partial charge is 0.328 e. The zero-order valence-electron chi connectivity index (χ0n) is 9.34. The van der Waals surface area contributed by atoms with Crippen molar-refractivity contribution in [1.82, 2.24) is 5.32 Å². The van der Waals surface area contributed by atoms with Crippen LogP contribution in [-0.4, -0.2) is 18.6 Å². The molecule has 2 rings (SSSR count). The Morgan fingerprint density at radius 3 is 2.71 bits per heavy atom. The monoisotopic (exact) mass is 196 g/mol. The molecule has 3 N–H and O–H groups in total. The molecule has 2 heteroatoms. The van der Waals surface area contributed by atoms with Gasteiger partial charge in [-0.2, -0.15) is 0 Å². The van der Waals surface area contributed by atoms with Gasteiger partial charge in [0.25, 0.3) is 0 Å². The van der Waals surface area contributed by atoms with Gasteiger partial charge >= 0.3 is 0 Å². The van der Waals surface area contributed by atoms with Gasteiger partial charge < -0.3 is 11.1 Å². The van der Waals surface area contributed by atoms with Gasteiger partial charge in [0.1, 0.15) is 0 Å². The van der Waals surface area contributed by atoms with Crippen LogP contribution in [0.4, 0.5) is 0 Å². The van der Waals surface area contributed by atoms with E-state index >= 15 is 0 Å². The third-order valence-corrected chi connectivity index (χ3v) is 3.98. The van der Waals surface area contributed by atoms with E-state index in [2.05, 4.69) is 12.2 Å². The van der Waals surface area contributed by atoms with Gasteiger partial charge in [-0.15, -0.1) is 0 Å². The molecule has 2 nitrogen and oxygen atoms in total. The van der Waals surface area contributed by atoms with Crippen LogP contribution in [0.5, 0.6) is 0 Å². The number of hydrogen-bond acceptors (Lipinski definition) is 2. The molecule has 0 amide bonds. The van der Waals surface area contributed by atoms with Crippen LogP contribution in [0.25, 0.3) is 0 Å². The van der Waals surface area contributed by atoms with E-state index in [9.17, 15) is 0 Å². The number of rotatable bonds is 2. The second-order valence-corrected chi connectivity index (χ2v) is 5.36. The van der Waals surface area contributed by atoms with Crippen LogP contribution in [-0.2, 0) is 0 Å². The summed E-state index contributed by atoms with van der Waals surface area (Å²) in [5, 5.41) is 3.67. The summed E-state index contributed by atoms with van der Waals surface area (Å²) in [6, 6.07) is 1.06. The molecule has 4 atom stereocenters. The van der Waals surface area contributed by atoms with E-state index in [1.54, 1.807) is 0 Å². The zero-order valence-corrected chi connectivity index (χ0v) is 9.34. The number of nitrogens with one attached hydrogen (secondary N) is 1. The lowest BCUT2D eigenvalue weighted by atomic mass is 9.73. The highest BCUT2D eigenvalue weighted by Crippen LogP contribution is 2.35. The SMILES string of the molecule is CC(N)CC1CC2CCCCC2CN1. The molecule has 0 bridgehead atoms. The first-order valence-electron chi connectivity index (χ1n) is 6.24. The van der Waals surface area contributed by atoms with E-state index in [0.29, 0.717) is 12.1 Å². The maximum Gasteiger partial charge on any atom is 0.00845 e. The van der Waals surface area contributed by atoms with E-state index in [1.165, 1.54) is 38.6 Å². The Morgan fingerprint density at radius 2 is 2.00 bits per heavy atom. The first kappa shape index (κ1) is 10.4. The molecule has 1 saturated heterocycles. The maximum absolute atomic E-state index is 5.85. The second kappa shape index (κ2) is 4.63. The molecule has 1 aliphatic carbocycles. The van der Waals surface area contributed by atoms with Gasteiger partial charge in [0.2, 0.25) is 0 Å². The Labute approximate surface area is 87.6 Å². The molecule has 1 saturated carbocycles. The molecule has 0 aromatic carbocycles. The van der Waals surface area contributed by atoms with Crippen LogP contribution >= 0.6 is 0 Å². The van der Waals surface area contributed by atoms with Gasteiger partial charge in [-0.05, 0) is 44.6 Å². The maximum atomic E-state index is 5.85. The van der Waals surface area contributed by atoms with Gasteiger partial charge in [-0.3, -0.25) is 0 Å². The van der Waals surface area contributed by atoms with Crippen LogP contribution in [0.3, 0.4) is 0 Å². The van der Waals surface area contributed by atoms with E-state index in [0.717, 1.165) is 18.3 Å². The number of hydrogen-bond donors (Lipinski definition) is 2. The normalized spacial score (nSPS) is 40.3. The topological polar surface area (TPSA) is 38.0 Å². The van der Waals surface area contributed by atoms with Gasteiger partial charge in [-0.1, -0.05) is 19.3 Å². The molecule has 0 aromatic rings. The molecule has 0 spiro atoms. The van der Waals surface area contributed by atoms with Gasteiger partial charge in [0, 0.05) is 12.1 Å². The van der Waals surface area contributed by atoms with Crippen molar-refractivity contribution in [2.45, 2.75) is 57.5 Å². The third kappa shape index (κ3) is 2.48. The molecule has 82 valence electrons. The second-order valence-electron chi connectivity index (χ2n) is 5.36. The summed E-state index contributed by atoms with van der Waals surface area (Å²) in [5.41, 5.74) is 5.85. The minimum absolute atomic E-state index is 0.354. The van der Waals surface area contributed by atoms with Crippen molar-refractivity contribution in [1.29, 1.82) is 0 Å². The van der Waals surface area contributed by atoms with Gasteiger partial charge in [0.15, 0.2) is 0 Å². The molecule has 1 aliphatic heterocycles. The lowest BCUT2D eigenvalue weighted by Crippen LogP contribution is -2.46. The predicted octanol–water partition coefficient (Wildman–Crippen LogP) is 1.89. The highest BCUT2D eigenvalue weighted by atomic mass is 14.9. The Balaban J connectivity index is 1.83. The van der Waals surface area contributed by atoms with Crippen molar-refractivity contribution < 1.29 is 0 Å². The average molecular weight is 196 g/mol. The lowest BCUT2D eigenvalue weighted by molar-refractivity contribution is 0.148. The van der Waals surface area contributed by atoms with Gasteiger partial charge in [-0.25, -0.2) is 0 Å². The Morgan fingerprint density at radius 1 is 1.29 bits per heavy atom. The number of fused-ring (bicyclic) bond motifs is 1. The molecule has 0 aromatic heterocycles. The summed E-state index contributed by atoms with van der Waals surface area (Å²) in [5.74, 6) is 1.99. The zero-order chi connectivity index (χ0) is 9.97. The highest BCUT2D eigenvalue weighted by Gasteiger charge is 2.31. The molecule has 2 fully saturated rings. The van der Waals surface area contributed by atoms with Gasteiger partial charge in [0.05, 0.1) is 0 Å². The summed E-state index contributed by atoms with van der Waals surface area (Å²) in [7, 11) is 0. The summed E-state index contributed by atoms with van der Waals surface area (Å²) < 4.78 is 0. The Kier molecular flexibility index (Phi) is 3.45. The molecular weight excluding hydrogens is 172 g/mol. The number of nitrogens with two attached hydrogens (primary N) is 1. The molecule has 1 heterocycles. The Bertz CT molecular complexity index is 179. The summed E-state index contributed by atoms with van der Waals surface area (Å²) in [6.07, 6.45) is 8.40. The number of piperidine rings is 1. The molecule has 4 unspecified atom stereocenters. The van der Waals surface area contributed by atoms with Crippen LogP contribution < -0.4 is 11.1 Å². The summed E-state index contributed by atoms with van der Waals surface area (Å²) in [4.78, 5) is 0. The van der Waals surface area contributed by atoms with E-state index in [4.69, 9.17) is 5.73 Å². The van der Waals surface area contributed by atoms with E-state index in [1.807, 2.05) is 0 Å². The van der Waals surface area contributed by atoms with Crippen molar-refractivity contribution >= 4 is 0 Å². The lowest BCUT2D eigenvalue weighted by Gasteiger charge is -2.40. The van der Waals surface area contributed by atoms with Crippen molar-refractivity contribution in [3.63, 3.8) is 0 Å². The molecule has 14 heavy (non-hydrogen) atoms. The highest BCUT2D eigenvalue weighted by molar-refractivity contribution is 4.87. The van der Waals surface area contributed by atoms with Crippen LogP contribution in [0.1, 0.15) is 45.4 Å². The average Bonchev–Trinajstić information content (AvgIpc) is 2.17. The quantitative estimate of drug-likeness (QED) is 0.708. The summed E-state index contributed by atoms with van der Waals surface area (Å²) in [6.45, 7) is 3.37. The molecule has 0 radical (unpaired) electrons. The fraction of sp³-hybridized carbons (Fsp3) is 1.00. The van der Waals surface area contributed by atoms with Crippen molar-refractivity contribution in [2.75, 3.05) is 6.54 Å². The van der Waals surface area contributed by atoms with Crippen molar-refractivity contribution in [2.24, 2.45) is 17.6 Å². The standard InChI is InChI=1S/C12H24N2/c1-9(13)6-12-7-10-4-2-3-5-11(10)8-14-12/h9-12,14H,2-8,13H2,1H3. The molecule has 2 aliphatic rings. The predicted molar refractivity (Wildman–Crippen MR) is 60.1 cm³/mol. The first-order valence-corrected chi connectivity index (χ1v) is 6.24. The van der Waals surface area contributed by atoms with Crippen molar-refractivity contribution in [3.8, 4) is 0 Å². The van der Waals surface area contributed by atoms with Crippen LogP contribution in [0.15, 0.2) is 0 Å². The minimum atomic E-state index is 0.354. The first-order chi connectivity index (χ1) is 6.75. The van der Waals surface area contributed by atoms with E-state index < -0.39 is 0 Å². The molecular formula is C12H24N2. The summed E-state index contributed by atoms with van der Waals surface area (Å²) >= 11 is 0. The Hall–Kier alpha value is -0.0800. The smallest absolute Gasteiger partial charge is 0.00845 e. The minimum Gasteiger partial charge on any atom is -0.328 e. The fourth-order valence-corrected chi connectivity index (χ4v) is 3.26. The third-order valence-electron chi connectivity index (χ3n) is 3.98. The van der Waals surface area contributed by atoms with Crippen LogP contribution in [0.2, 0.25) is 0 Å². The fourth-order valence-electron chi connectivity index (χ4n) is 3.26. The van der Waals surface area contributed by atoms with E-state index in [-0.39, 0.29) is 0 Å². The van der Waals surface area contributed by atoms with Crippen molar-refractivity contribution in [3.05, 3.63) is 0 Å².